The molecule has 0 atom stereocenters. The number of aromatic nitrogens is 2. The topological polar surface area (TPSA) is 77.2 Å². The molecule has 2 heterocycles. The van der Waals surface area contributed by atoms with Gasteiger partial charge < -0.3 is 14.5 Å². The van der Waals surface area contributed by atoms with Crippen molar-refractivity contribution >= 4 is 34.4 Å². The lowest BCUT2D eigenvalue weighted by Crippen LogP contribution is -2.20. The van der Waals surface area contributed by atoms with E-state index in [2.05, 4.69) is 15.3 Å². The molecular weight excluding hydrogens is 378 g/mol. The van der Waals surface area contributed by atoms with Crippen molar-refractivity contribution in [2.75, 3.05) is 11.9 Å². The first-order valence-corrected chi connectivity index (χ1v) is 8.97. The molecule has 0 radical (unpaired) electrons. The summed E-state index contributed by atoms with van der Waals surface area (Å²) in [6.07, 6.45) is 1.66. The van der Waals surface area contributed by atoms with E-state index in [1.54, 1.807) is 48.7 Å². The number of hydrogen-bond acceptors (Lipinski definition) is 5. The zero-order valence-electron chi connectivity index (χ0n) is 15.0. The lowest BCUT2D eigenvalue weighted by Gasteiger charge is -2.10. The highest BCUT2D eigenvalue weighted by atomic mass is 35.5. The molecule has 4 aromatic rings. The number of nitrogens with zero attached hydrogens (tertiary/aromatic N) is 2. The molecule has 0 fully saturated rings. The van der Waals surface area contributed by atoms with Crippen LogP contribution in [0.4, 0.5) is 5.69 Å². The first-order valence-electron chi connectivity index (χ1n) is 8.59. The minimum absolute atomic E-state index is 0.112. The van der Waals surface area contributed by atoms with Crippen LogP contribution in [-0.4, -0.2) is 22.5 Å². The number of halogens is 1. The van der Waals surface area contributed by atoms with Crippen molar-refractivity contribution < 1.29 is 13.9 Å². The summed E-state index contributed by atoms with van der Waals surface area (Å²) in [6, 6.07) is 16.1. The second kappa shape index (κ2) is 7.70. The van der Waals surface area contributed by atoms with Crippen LogP contribution in [0.2, 0.25) is 5.02 Å². The van der Waals surface area contributed by atoms with Crippen LogP contribution in [0.25, 0.3) is 22.7 Å². The van der Waals surface area contributed by atoms with Gasteiger partial charge in [0.1, 0.15) is 5.75 Å². The molecule has 0 aliphatic heterocycles. The Kier molecular flexibility index (Phi) is 4.95. The Labute approximate surface area is 166 Å². The van der Waals surface area contributed by atoms with Crippen molar-refractivity contribution in [3.05, 3.63) is 71.4 Å². The maximum atomic E-state index is 12.2. The molecule has 1 amide bonds. The summed E-state index contributed by atoms with van der Waals surface area (Å²) in [5.74, 6) is 0.788. The zero-order chi connectivity index (χ0) is 19.5. The van der Waals surface area contributed by atoms with E-state index in [4.69, 9.17) is 20.8 Å². The van der Waals surface area contributed by atoms with Crippen LogP contribution in [0.1, 0.15) is 5.56 Å². The summed E-state index contributed by atoms with van der Waals surface area (Å²) < 4.78 is 11.3. The molecule has 1 N–H and O–H groups in total. The third-order valence-electron chi connectivity index (χ3n) is 4.05. The van der Waals surface area contributed by atoms with E-state index >= 15 is 0 Å². The van der Waals surface area contributed by atoms with Gasteiger partial charge >= 0.3 is 0 Å². The van der Waals surface area contributed by atoms with E-state index in [-0.39, 0.29) is 12.5 Å². The normalized spacial score (nSPS) is 10.8. The van der Waals surface area contributed by atoms with Gasteiger partial charge in [-0.2, -0.15) is 4.98 Å². The van der Waals surface area contributed by atoms with Crippen molar-refractivity contribution in [1.29, 1.82) is 0 Å². The Morgan fingerprint density at radius 2 is 2.07 bits per heavy atom. The second-order valence-electron chi connectivity index (χ2n) is 6.17. The Morgan fingerprint density at radius 1 is 1.18 bits per heavy atom. The maximum absolute atomic E-state index is 12.2. The minimum Gasteiger partial charge on any atom is -0.483 e. The summed E-state index contributed by atoms with van der Waals surface area (Å²) in [5.41, 5.74) is 3.38. The van der Waals surface area contributed by atoms with E-state index in [1.165, 1.54) is 0 Å². The fourth-order valence-electron chi connectivity index (χ4n) is 2.74. The van der Waals surface area contributed by atoms with Gasteiger partial charge in [0.2, 0.25) is 5.89 Å². The van der Waals surface area contributed by atoms with Crippen LogP contribution < -0.4 is 10.1 Å². The lowest BCUT2D eigenvalue weighted by atomic mass is 10.2. The average molecular weight is 394 g/mol. The molecule has 0 unspecified atom stereocenters. The Balaban J connectivity index is 1.44. The van der Waals surface area contributed by atoms with E-state index in [1.807, 2.05) is 19.1 Å². The van der Waals surface area contributed by atoms with E-state index in [0.29, 0.717) is 33.6 Å². The number of carbonyl (C=O) groups excluding carboxylic acids is 1. The van der Waals surface area contributed by atoms with Gasteiger partial charge in [-0.05, 0) is 61.0 Å². The van der Waals surface area contributed by atoms with Gasteiger partial charge in [-0.15, -0.1) is 0 Å². The smallest absolute Gasteiger partial charge is 0.262 e. The number of pyridine rings is 1. The summed E-state index contributed by atoms with van der Waals surface area (Å²) in [5, 5.41) is 3.44. The van der Waals surface area contributed by atoms with Gasteiger partial charge in [0.25, 0.3) is 5.91 Å². The first-order chi connectivity index (χ1) is 13.6. The van der Waals surface area contributed by atoms with Crippen molar-refractivity contribution in [2.45, 2.75) is 6.92 Å². The molecule has 6 nitrogen and oxygen atoms in total. The standard InChI is InChI=1S/C21H16ClN3O3/c1-13-10-15(22)7-8-17(13)27-12-19(26)24-16-5-2-4-14(11-16)21-25-20-18(28-21)6-3-9-23-20/h2-11H,12H2,1H3,(H,24,26). The fraction of sp³-hybridized carbons (Fsp3) is 0.0952. The average Bonchev–Trinajstić information content (AvgIpc) is 3.12. The summed E-state index contributed by atoms with van der Waals surface area (Å²) in [6.45, 7) is 1.76. The Bertz CT molecular complexity index is 1120. The predicted octanol–water partition coefficient (Wildman–Crippen LogP) is 4.87. The molecule has 0 saturated carbocycles. The SMILES string of the molecule is Cc1cc(Cl)ccc1OCC(=O)Nc1cccc(-c2nc3ncccc3o2)c1. The van der Waals surface area contributed by atoms with E-state index < -0.39 is 0 Å². The maximum Gasteiger partial charge on any atom is 0.262 e. The van der Waals surface area contributed by atoms with Gasteiger partial charge in [-0.25, -0.2) is 4.98 Å². The Morgan fingerprint density at radius 3 is 2.89 bits per heavy atom. The highest BCUT2D eigenvalue weighted by molar-refractivity contribution is 6.30. The van der Waals surface area contributed by atoms with Gasteiger partial charge in [-0.1, -0.05) is 17.7 Å². The van der Waals surface area contributed by atoms with Crippen LogP contribution in [-0.2, 0) is 4.79 Å². The molecule has 28 heavy (non-hydrogen) atoms. The third-order valence-corrected chi connectivity index (χ3v) is 4.29. The summed E-state index contributed by atoms with van der Waals surface area (Å²) in [4.78, 5) is 20.8. The zero-order valence-corrected chi connectivity index (χ0v) is 15.7. The van der Waals surface area contributed by atoms with Crippen molar-refractivity contribution in [1.82, 2.24) is 9.97 Å². The number of oxazole rings is 1. The van der Waals surface area contributed by atoms with Crippen LogP contribution >= 0.6 is 11.6 Å². The number of rotatable bonds is 5. The molecule has 4 rings (SSSR count). The number of anilines is 1. The van der Waals surface area contributed by atoms with Gasteiger partial charge in [0.15, 0.2) is 17.8 Å². The number of hydrogen-bond donors (Lipinski definition) is 1. The number of carbonyl (C=O) groups is 1. The first kappa shape index (κ1) is 18.0. The third kappa shape index (κ3) is 3.97. The summed E-state index contributed by atoms with van der Waals surface area (Å²) in [7, 11) is 0. The number of aryl methyl sites for hydroxylation is 1. The predicted molar refractivity (Wildman–Crippen MR) is 108 cm³/mol. The highest BCUT2D eigenvalue weighted by Gasteiger charge is 2.11. The van der Waals surface area contributed by atoms with E-state index in [9.17, 15) is 4.79 Å². The van der Waals surface area contributed by atoms with Crippen molar-refractivity contribution in [3.63, 3.8) is 0 Å². The molecule has 0 spiro atoms. The number of ether oxygens (including phenoxy) is 1. The van der Waals surface area contributed by atoms with Crippen LogP contribution in [0.3, 0.4) is 0 Å². The monoisotopic (exact) mass is 393 g/mol. The van der Waals surface area contributed by atoms with Gasteiger partial charge in [0.05, 0.1) is 0 Å². The molecule has 2 aromatic heterocycles. The largest absolute Gasteiger partial charge is 0.483 e. The molecule has 0 bridgehead atoms. The lowest BCUT2D eigenvalue weighted by molar-refractivity contribution is -0.118. The fourth-order valence-corrected chi connectivity index (χ4v) is 2.96. The quantitative estimate of drug-likeness (QED) is 0.523. The molecular formula is C21H16ClN3O3. The number of benzene rings is 2. The van der Waals surface area contributed by atoms with Crippen LogP contribution in [0.5, 0.6) is 5.75 Å². The number of amides is 1. The van der Waals surface area contributed by atoms with Crippen molar-refractivity contribution in [2.24, 2.45) is 0 Å². The van der Waals surface area contributed by atoms with Gasteiger partial charge in [-0.3, -0.25) is 4.79 Å². The summed E-state index contributed by atoms with van der Waals surface area (Å²) >= 11 is 5.93. The van der Waals surface area contributed by atoms with Crippen LogP contribution in [0, 0.1) is 6.92 Å². The molecule has 7 heteroatoms. The minimum atomic E-state index is -0.272. The van der Waals surface area contributed by atoms with Crippen LogP contribution in [0.15, 0.2) is 65.2 Å². The van der Waals surface area contributed by atoms with E-state index in [0.717, 1.165) is 11.1 Å². The van der Waals surface area contributed by atoms with Crippen molar-refractivity contribution in [3.8, 4) is 17.2 Å². The Hall–Kier alpha value is -3.38. The highest BCUT2D eigenvalue weighted by Crippen LogP contribution is 2.25. The molecule has 140 valence electrons. The van der Waals surface area contributed by atoms with Gasteiger partial charge in [0, 0.05) is 22.5 Å². The second-order valence-corrected chi connectivity index (χ2v) is 6.61. The molecule has 0 aliphatic rings. The number of nitrogens with one attached hydrogen (secondary N) is 1. The molecule has 0 saturated heterocycles. The number of fused-ring (bicyclic) bond motifs is 1. The molecule has 2 aromatic carbocycles. The molecule has 0 aliphatic carbocycles.